The fourth-order valence-corrected chi connectivity index (χ4v) is 1.44. The molecule has 1 rings (SSSR count). The quantitative estimate of drug-likeness (QED) is 0.774. The predicted octanol–water partition coefficient (Wildman–Crippen LogP) is 2.83. The maximum atomic E-state index is 5.55. The van der Waals surface area contributed by atoms with Gasteiger partial charge in [0.15, 0.2) is 0 Å². The highest BCUT2D eigenvalue weighted by atomic mass is 16.5. The second kappa shape index (κ2) is 6.46. The zero-order valence-electron chi connectivity index (χ0n) is 9.92. The van der Waals surface area contributed by atoms with Crippen molar-refractivity contribution in [3.05, 3.63) is 29.8 Å². The van der Waals surface area contributed by atoms with Crippen LogP contribution in [0.5, 0.6) is 5.75 Å². The summed E-state index contributed by atoms with van der Waals surface area (Å²) in [5.74, 6) is 1.68. The molecule has 0 atom stereocenters. The molecule has 0 unspecified atom stereocenters. The number of benzene rings is 1. The highest BCUT2D eigenvalue weighted by Crippen LogP contribution is 2.17. The SMILES string of the molecule is CCOc1ccccc1CNCC(C)C. The van der Waals surface area contributed by atoms with Crippen LogP contribution in [0.3, 0.4) is 0 Å². The van der Waals surface area contributed by atoms with E-state index in [0.29, 0.717) is 5.92 Å². The third-order valence-electron chi connectivity index (χ3n) is 2.14. The second-order valence-electron chi connectivity index (χ2n) is 4.07. The average Bonchev–Trinajstić information content (AvgIpc) is 2.20. The third-order valence-corrected chi connectivity index (χ3v) is 2.14. The number of hydrogen-bond acceptors (Lipinski definition) is 2. The van der Waals surface area contributed by atoms with Gasteiger partial charge in [0, 0.05) is 12.1 Å². The van der Waals surface area contributed by atoms with Gasteiger partial charge in [0.05, 0.1) is 6.61 Å². The molecule has 2 heteroatoms. The van der Waals surface area contributed by atoms with Crippen LogP contribution >= 0.6 is 0 Å². The Hall–Kier alpha value is -1.02. The van der Waals surface area contributed by atoms with Gasteiger partial charge < -0.3 is 10.1 Å². The smallest absolute Gasteiger partial charge is 0.123 e. The lowest BCUT2D eigenvalue weighted by molar-refractivity contribution is 0.335. The van der Waals surface area contributed by atoms with E-state index >= 15 is 0 Å². The monoisotopic (exact) mass is 207 g/mol. The van der Waals surface area contributed by atoms with E-state index in [9.17, 15) is 0 Å². The second-order valence-corrected chi connectivity index (χ2v) is 4.07. The number of rotatable bonds is 6. The van der Waals surface area contributed by atoms with Gasteiger partial charge in [-0.15, -0.1) is 0 Å². The Morgan fingerprint density at radius 3 is 2.67 bits per heavy atom. The summed E-state index contributed by atoms with van der Waals surface area (Å²) in [5, 5.41) is 3.42. The molecule has 0 saturated carbocycles. The molecule has 84 valence electrons. The molecule has 1 aromatic rings. The molecule has 0 spiro atoms. The summed E-state index contributed by atoms with van der Waals surface area (Å²) in [6.07, 6.45) is 0. The van der Waals surface area contributed by atoms with Gasteiger partial charge >= 0.3 is 0 Å². The minimum Gasteiger partial charge on any atom is -0.494 e. The average molecular weight is 207 g/mol. The third kappa shape index (κ3) is 4.34. The van der Waals surface area contributed by atoms with Gasteiger partial charge in [-0.25, -0.2) is 0 Å². The number of ether oxygens (including phenoxy) is 1. The maximum absolute atomic E-state index is 5.55. The molecular formula is C13H21NO. The fourth-order valence-electron chi connectivity index (χ4n) is 1.44. The zero-order chi connectivity index (χ0) is 11.1. The van der Waals surface area contributed by atoms with Gasteiger partial charge in [0.2, 0.25) is 0 Å². The van der Waals surface area contributed by atoms with Crippen LogP contribution in [0.1, 0.15) is 26.3 Å². The standard InChI is InChI=1S/C13H21NO/c1-4-15-13-8-6-5-7-12(13)10-14-9-11(2)3/h5-8,11,14H,4,9-10H2,1-3H3. The molecule has 0 aromatic heterocycles. The summed E-state index contributed by atoms with van der Waals surface area (Å²) in [5.41, 5.74) is 1.24. The molecule has 1 aromatic carbocycles. The lowest BCUT2D eigenvalue weighted by atomic mass is 10.2. The van der Waals surface area contributed by atoms with E-state index in [1.807, 2.05) is 19.1 Å². The van der Waals surface area contributed by atoms with Crippen molar-refractivity contribution in [1.82, 2.24) is 5.32 Å². The van der Waals surface area contributed by atoms with Crippen LogP contribution in [-0.4, -0.2) is 13.2 Å². The van der Waals surface area contributed by atoms with E-state index in [-0.39, 0.29) is 0 Å². The molecular weight excluding hydrogens is 186 g/mol. The molecule has 0 bridgehead atoms. The Balaban J connectivity index is 2.51. The van der Waals surface area contributed by atoms with Gasteiger partial charge in [0.25, 0.3) is 0 Å². The largest absolute Gasteiger partial charge is 0.494 e. The molecule has 0 heterocycles. The molecule has 0 aliphatic heterocycles. The Labute approximate surface area is 92.6 Å². The van der Waals surface area contributed by atoms with Crippen molar-refractivity contribution in [3.63, 3.8) is 0 Å². The molecule has 15 heavy (non-hydrogen) atoms. The molecule has 0 amide bonds. The Kier molecular flexibility index (Phi) is 5.19. The molecule has 1 N–H and O–H groups in total. The number of hydrogen-bond donors (Lipinski definition) is 1. The molecule has 0 aliphatic carbocycles. The Morgan fingerprint density at radius 1 is 1.27 bits per heavy atom. The van der Waals surface area contributed by atoms with E-state index in [1.165, 1.54) is 5.56 Å². The van der Waals surface area contributed by atoms with Crippen LogP contribution < -0.4 is 10.1 Å². The minimum atomic E-state index is 0.684. The van der Waals surface area contributed by atoms with Crippen LogP contribution in [0, 0.1) is 5.92 Å². The molecule has 0 saturated heterocycles. The minimum absolute atomic E-state index is 0.684. The van der Waals surface area contributed by atoms with Crippen LogP contribution in [0.25, 0.3) is 0 Å². The van der Waals surface area contributed by atoms with E-state index in [1.54, 1.807) is 0 Å². The summed E-state index contributed by atoms with van der Waals surface area (Å²) in [6, 6.07) is 8.19. The topological polar surface area (TPSA) is 21.3 Å². The first-order valence-corrected chi connectivity index (χ1v) is 5.65. The number of para-hydroxylation sites is 1. The predicted molar refractivity (Wildman–Crippen MR) is 64.2 cm³/mol. The maximum Gasteiger partial charge on any atom is 0.123 e. The normalized spacial score (nSPS) is 10.7. The van der Waals surface area contributed by atoms with Gasteiger partial charge in [0.1, 0.15) is 5.75 Å². The van der Waals surface area contributed by atoms with Gasteiger partial charge in [-0.1, -0.05) is 32.0 Å². The lowest BCUT2D eigenvalue weighted by Crippen LogP contribution is -2.19. The van der Waals surface area contributed by atoms with Crippen molar-refractivity contribution >= 4 is 0 Å². The fraction of sp³-hybridized carbons (Fsp3) is 0.538. The van der Waals surface area contributed by atoms with E-state index in [4.69, 9.17) is 4.74 Å². The van der Waals surface area contributed by atoms with Crippen molar-refractivity contribution in [2.75, 3.05) is 13.2 Å². The summed E-state index contributed by atoms with van der Waals surface area (Å²) < 4.78 is 5.55. The summed E-state index contributed by atoms with van der Waals surface area (Å²) in [7, 11) is 0. The van der Waals surface area contributed by atoms with Crippen LogP contribution in [0.2, 0.25) is 0 Å². The molecule has 0 radical (unpaired) electrons. The van der Waals surface area contributed by atoms with Crippen molar-refractivity contribution in [2.45, 2.75) is 27.3 Å². The lowest BCUT2D eigenvalue weighted by Gasteiger charge is -2.11. The summed E-state index contributed by atoms with van der Waals surface area (Å²) >= 11 is 0. The molecule has 0 aliphatic rings. The number of nitrogens with one attached hydrogen (secondary N) is 1. The van der Waals surface area contributed by atoms with Gasteiger partial charge in [-0.05, 0) is 25.5 Å². The molecule has 0 fully saturated rings. The van der Waals surface area contributed by atoms with Crippen molar-refractivity contribution in [3.8, 4) is 5.75 Å². The van der Waals surface area contributed by atoms with Crippen LogP contribution in [-0.2, 0) is 6.54 Å². The van der Waals surface area contributed by atoms with Crippen molar-refractivity contribution in [2.24, 2.45) is 5.92 Å². The zero-order valence-corrected chi connectivity index (χ0v) is 9.92. The van der Waals surface area contributed by atoms with Crippen molar-refractivity contribution < 1.29 is 4.74 Å². The first-order valence-electron chi connectivity index (χ1n) is 5.65. The Morgan fingerprint density at radius 2 is 2.00 bits per heavy atom. The Bertz CT molecular complexity index is 284. The van der Waals surface area contributed by atoms with E-state index in [0.717, 1.165) is 25.4 Å². The van der Waals surface area contributed by atoms with Gasteiger partial charge in [-0.2, -0.15) is 0 Å². The highest BCUT2D eigenvalue weighted by molar-refractivity contribution is 5.33. The summed E-state index contributed by atoms with van der Waals surface area (Å²) in [4.78, 5) is 0. The first kappa shape index (κ1) is 12.1. The molecule has 2 nitrogen and oxygen atoms in total. The van der Waals surface area contributed by atoms with Crippen LogP contribution in [0.15, 0.2) is 24.3 Å². The van der Waals surface area contributed by atoms with Crippen molar-refractivity contribution in [1.29, 1.82) is 0 Å². The van der Waals surface area contributed by atoms with E-state index < -0.39 is 0 Å². The summed E-state index contributed by atoms with van der Waals surface area (Å²) in [6.45, 7) is 9.08. The highest BCUT2D eigenvalue weighted by Gasteiger charge is 2.01. The van der Waals surface area contributed by atoms with Crippen LogP contribution in [0.4, 0.5) is 0 Å². The first-order chi connectivity index (χ1) is 7.24. The van der Waals surface area contributed by atoms with Gasteiger partial charge in [-0.3, -0.25) is 0 Å². The van der Waals surface area contributed by atoms with E-state index in [2.05, 4.69) is 31.3 Å².